The second kappa shape index (κ2) is 7.38. The Morgan fingerprint density at radius 3 is 2.43 bits per heavy atom. The Kier molecular flexibility index (Phi) is 5.53. The van der Waals surface area contributed by atoms with E-state index in [4.69, 9.17) is 0 Å². The van der Waals surface area contributed by atoms with Gasteiger partial charge < -0.3 is 10.2 Å². The summed E-state index contributed by atoms with van der Waals surface area (Å²) >= 11 is 0. The summed E-state index contributed by atoms with van der Waals surface area (Å²) in [6.07, 6.45) is 5.55. The van der Waals surface area contributed by atoms with E-state index in [1.807, 2.05) is 11.8 Å². The van der Waals surface area contributed by atoms with Gasteiger partial charge in [-0.25, -0.2) is 8.78 Å². The van der Waals surface area contributed by atoms with Crippen LogP contribution in [-0.2, 0) is 4.79 Å². The molecule has 0 heterocycles. The third-order valence-corrected chi connectivity index (χ3v) is 4.06. The third kappa shape index (κ3) is 3.93. The van der Waals surface area contributed by atoms with E-state index in [0.717, 1.165) is 25.7 Å². The first-order valence-electron chi connectivity index (χ1n) is 7.60. The molecule has 21 heavy (non-hydrogen) atoms. The van der Waals surface area contributed by atoms with Crippen LogP contribution in [0.3, 0.4) is 0 Å². The average molecular weight is 296 g/mol. The van der Waals surface area contributed by atoms with Gasteiger partial charge in [0, 0.05) is 12.6 Å². The Bertz CT molecular complexity index is 467. The van der Waals surface area contributed by atoms with E-state index in [1.165, 1.54) is 24.6 Å². The fourth-order valence-corrected chi connectivity index (χ4v) is 2.96. The molecule has 0 aromatic heterocycles. The largest absolute Gasteiger partial charge is 0.371 e. The van der Waals surface area contributed by atoms with Gasteiger partial charge in [0.25, 0.3) is 0 Å². The van der Waals surface area contributed by atoms with Crippen LogP contribution in [0.25, 0.3) is 0 Å². The fourth-order valence-electron chi connectivity index (χ4n) is 2.96. The number of anilines is 1. The smallest absolute Gasteiger partial charge is 0.242 e. The number of hydrogen-bond donors (Lipinski definition) is 1. The molecule has 1 aromatic rings. The second-order valence-corrected chi connectivity index (χ2v) is 5.42. The number of hydrogen-bond acceptors (Lipinski definition) is 2. The van der Waals surface area contributed by atoms with Crippen LogP contribution in [0.15, 0.2) is 18.2 Å². The molecule has 0 saturated heterocycles. The lowest BCUT2D eigenvalue weighted by Gasteiger charge is -2.33. The van der Waals surface area contributed by atoms with Crippen molar-refractivity contribution in [3.8, 4) is 0 Å². The van der Waals surface area contributed by atoms with E-state index < -0.39 is 11.6 Å². The van der Waals surface area contributed by atoms with Gasteiger partial charge in [0.15, 0.2) is 0 Å². The SMILES string of the molecule is CCN(C(=O)CNc1c(F)cccc1F)C1CCCCC1. The summed E-state index contributed by atoms with van der Waals surface area (Å²) in [5.74, 6) is -1.46. The van der Waals surface area contributed by atoms with Gasteiger partial charge in [-0.3, -0.25) is 4.79 Å². The Morgan fingerprint density at radius 2 is 1.86 bits per heavy atom. The van der Waals surface area contributed by atoms with Crippen LogP contribution in [0.5, 0.6) is 0 Å². The highest BCUT2D eigenvalue weighted by Gasteiger charge is 2.24. The second-order valence-electron chi connectivity index (χ2n) is 5.42. The van der Waals surface area contributed by atoms with Crippen molar-refractivity contribution in [1.29, 1.82) is 0 Å². The zero-order valence-corrected chi connectivity index (χ0v) is 12.4. The number of amides is 1. The average Bonchev–Trinajstić information content (AvgIpc) is 2.48. The van der Waals surface area contributed by atoms with Gasteiger partial charge in [-0.1, -0.05) is 25.3 Å². The standard InChI is InChI=1S/C16H22F2N2O/c1-2-20(12-7-4-3-5-8-12)15(21)11-19-16-13(17)9-6-10-14(16)18/h6,9-10,12,19H,2-5,7-8,11H2,1H3. The molecule has 1 fully saturated rings. The number of benzene rings is 1. The number of carbonyl (C=O) groups is 1. The number of para-hydroxylation sites is 1. The van der Waals surface area contributed by atoms with E-state index in [0.29, 0.717) is 6.54 Å². The number of likely N-dealkylation sites (N-methyl/N-ethyl adjacent to an activating group) is 1. The van der Waals surface area contributed by atoms with Crippen LogP contribution in [-0.4, -0.2) is 29.9 Å². The molecule has 2 rings (SSSR count). The Morgan fingerprint density at radius 1 is 1.24 bits per heavy atom. The third-order valence-electron chi connectivity index (χ3n) is 4.06. The van der Waals surface area contributed by atoms with Gasteiger partial charge in [-0.05, 0) is 31.9 Å². The monoisotopic (exact) mass is 296 g/mol. The summed E-state index contributed by atoms with van der Waals surface area (Å²) in [7, 11) is 0. The van der Waals surface area contributed by atoms with Gasteiger partial charge in [-0.15, -0.1) is 0 Å². The molecule has 116 valence electrons. The highest BCUT2D eigenvalue weighted by atomic mass is 19.1. The maximum absolute atomic E-state index is 13.5. The van der Waals surface area contributed by atoms with Crippen molar-refractivity contribution in [3.05, 3.63) is 29.8 Å². The molecule has 1 aliphatic rings. The van der Waals surface area contributed by atoms with Crippen molar-refractivity contribution in [1.82, 2.24) is 4.90 Å². The Labute approximate surface area is 124 Å². The Balaban J connectivity index is 1.96. The molecule has 0 radical (unpaired) electrons. The maximum Gasteiger partial charge on any atom is 0.242 e. The van der Waals surface area contributed by atoms with Crippen LogP contribution in [0.1, 0.15) is 39.0 Å². The molecule has 5 heteroatoms. The first kappa shape index (κ1) is 15.7. The van der Waals surface area contributed by atoms with Crippen molar-refractivity contribution in [2.24, 2.45) is 0 Å². The van der Waals surface area contributed by atoms with Gasteiger partial charge in [0.05, 0.1) is 6.54 Å². The summed E-state index contributed by atoms with van der Waals surface area (Å²) in [4.78, 5) is 14.1. The quantitative estimate of drug-likeness (QED) is 0.901. The summed E-state index contributed by atoms with van der Waals surface area (Å²) < 4.78 is 27.0. The minimum atomic E-state index is -0.677. The van der Waals surface area contributed by atoms with E-state index in [-0.39, 0.29) is 24.2 Å². The van der Waals surface area contributed by atoms with Crippen molar-refractivity contribution in [3.63, 3.8) is 0 Å². The van der Waals surface area contributed by atoms with Crippen molar-refractivity contribution < 1.29 is 13.6 Å². The van der Waals surface area contributed by atoms with Gasteiger partial charge in [-0.2, -0.15) is 0 Å². The highest BCUT2D eigenvalue weighted by molar-refractivity contribution is 5.81. The van der Waals surface area contributed by atoms with E-state index in [9.17, 15) is 13.6 Å². The van der Waals surface area contributed by atoms with Crippen molar-refractivity contribution in [2.75, 3.05) is 18.4 Å². The molecule has 3 nitrogen and oxygen atoms in total. The summed E-state index contributed by atoms with van der Waals surface area (Å²) in [5, 5.41) is 2.59. The van der Waals surface area contributed by atoms with Crippen molar-refractivity contribution >= 4 is 11.6 Å². The summed E-state index contributed by atoms with van der Waals surface area (Å²) in [5.41, 5.74) is -0.231. The lowest BCUT2D eigenvalue weighted by Crippen LogP contribution is -2.44. The Hall–Kier alpha value is -1.65. The molecule has 0 atom stereocenters. The first-order chi connectivity index (χ1) is 10.1. The van der Waals surface area contributed by atoms with Crippen LogP contribution in [0, 0.1) is 11.6 Å². The minimum Gasteiger partial charge on any atom is -0.371 e. The highest BCUT2D eigenvalue weighted by Crippen LogP contribution is 2.23. The molecular weight excluding hydrogens is 274 g/mol. The topological polar surface area (TPSA) is 32.3 Å². The molecule has 1 N–H and O–H groups in total. The van der Waals surface area contributed by atoms with Gasteiger partial charge in [0.1, 0.15) is 17.3 Å². The van der Waals surface area contributed by atoms with Crippen LogP contribution in [0.2, 0.25) is 0 Å². The van der Waals surface area contributed by atoms with E-state index in [2.05, 4.69) is 5.32 Å². The number of nitrogens with zero attached hydrogens (tertiary/aromatic N) is 1. The van der Waals surface area contributed by atoms with Crippen molar-refractivity contribution in [2.45, 2.75) is 45.1 Å². The molecule has 1 amide bonds. The van der Waals surface area contributed by atoms with Gasteiger partial charge >= 0.3 is 0 Å². The fraction of sp³-hybridized carbons (Fsp3) is 0.562. The lowest BCUT2D eigenvalue weighted by atomic mass is 9.94. The maximum atomic E-state index is 13.5. The van der Waals surface area contributed by atoms with Crippen LogP contribution in [0.4, 0.5) is 14.5 Å². The molecule has 1 aliphatic carbocycles. The number of carbonyl (C=O) groups excluding carboxylic acids is 1. The zero-order chi connectivity index (χ0) is 15.2. The van der Waals surface area contributed by atoms with E-state index in [1.54, 1.807) is 0 Å². The normalized spacial score (nSPS) is 15.8. The van der Waals surface area contributed by atoms with E-state index >= 15 is 0 Å². The number of nitrogens with one attached hydrogen (secondary N) is 1. The molecular formula is C16H22F2N2O. The molecule has 1 saturated carbocycles. The molecule has 0 unspecified atom stereocenters. The lowest BCUT2D eigenvalue weighted by molar-refractivity contribution is -0.132. The van der Waals surface area contributed by atoms with Crippen LogP contribution < -0.4 is 5.32 Å². The summed E-state index contributed by atoms with van der Waals surface area (Å²) in [6.45, 7) is 2.49. The summed E-state index contributed by atoms with van der Waals surface area (Å²) in [6, 6.07) is 3.92. The molecule has 0 bridgehead atoms. The minimum absolute atomic E-state index is 0.0812. The zero-order valence-electron chi connectivity index (χ0n) is 12.4. The molecule has 0 aliphatic heterocycles. The van der Waals surface area contributed by atoms with Gasteiger partial charge in [0.2, 0.25) is 5.91 Å². The van der Waals surface area contributed by atoms with Crippen LogP contribution >= 0.6 is 0 Å². The molecule has 1 aromatic carbocycles. The number of rotatable bonds is 5. The first-order valence-corrected chi connectivity index (χ1v) is 7.60. The molecule has 0 spiro atoms. The predicted octanol–water partition coefficient (Wildman–Crippen LogP) is 3.56. The predicted molar refractivity (Wildman–Crippen MR) is 79.1 cm³/mol. The number of halogens is 2.